The van der Waals surface area contributed by atoms with E-state index in [0.29, 0.717) is 0 Å². The van der Waals surface area contributed by atoms with Gasteiger partial charge in [0.15, 0.2) is 0 Å². The molecule has 0 aromatic heterocycles. The molecule has 1 heterocycles. The average Bonchev–Trinajstić information content (AvgIpc) is 1.97. The first-order valence-corrected chi connectivity index (χ1v) is 3.78. The minimum Gasteiger partial charge on any atom is -0.269 e. The lowest BCUT2D eigenvalue weighted by Crippen LogP contribution is -2.31. The number of nitrogens with zero attached hydrogens (tertiary/aromatic N) is 1. The molecule has 2 nitrogen and oxygen atoms in total. The Hall–Kier alpha value is -0.0800. The van der Waals surface area contributed by atoms with Crippen LogP contribution in [0.5, 0.6) is 0 Å². The lowest BCUT2D eigenvalue weighted by molar-refractivity contribution is 0.292. The number of rotatable bonds is 0. The average molecular weight is 128 g/mol. The molecule has 1 aliphatic rings. The van der Waals surface area contributed by atoms with E-state index in [1.165, 1.54) is 19.3 Å². The van der Waals surface area contributed by atoms with Gasteiger partial charge in [-0.25, -0.2) is 5.01 Å². The highest BCUT2D eigenvalue weighted by Gasteiger charge is 2.09. The highest BCUT2D eigenvalue weighted by molar-refractivity contribution is 4.62. The fourth-order valence-electron chi connectivity index (χ4n) is 1.29. The molecule has 1 fully saturated rings. The molecule has 0 saturated carbocycles. The Morgan fingerprint density at radius 1 is 1.33 bits per heavy atom. The van der Waals surface area contributed by atoms with Crippen molar-refractivity contribution in [1.82, 2.24) is 5.01 Å². The lowest BCUT2D eigenvalue weighted by atomic mass is 10.0. The summed E-state index contributed by atoms with van der Waals surface area (Å²) in [4.78, 5) is 0. The smallest absolute Gasteiger partial charge is 0.0131 e. The first-order chi connectivity index (χ1) is 4.29. The predicted octanol–water partition coefficient (Wildman–Crippen LogP) is 0.982. The van der Waals surface area contributed by atoms with Crippen LogP contribution in [0, 0.1) is 5.92 Å². The van der Waals surface area contributed by atoms with Gasteiger partial charge in [-0.05, 0) is 25.2 Å². The maximum atomic E-state index is 5.63. The fraction of sp³-hybridized carbons (Fsp3) is 1.00. The zero-order chi connectivity index (χ0) is 6.69. The van der Waals surface area contributed by atoms with Gasteiger partial charge < -0.3 is 0 Å². The van der Waals surface area contributed by atoms with Crippen LogP contribution in [-0.4, -0.2) is 18.1 Å². The van der Waals surface area contributed by atoms with E-state index < -0.39 is 0 Å². The zero-order valence-electron chi connectivity index (χ0n) is 6.14. The molecule has 0 aromatic carbocycles. The molecular weight excluding hydrogens is 112 g/mol. The highest BCUT2D eigenvalue weighted by Crippen LogP contribution is 2.13. The van der Waals surface area contributed by atoms with Crippen molar-refractivity contribution in [3.05, 3.63) is 0 Å². The summed E-state index contributed by atoms with van der Waals surface area (Å²) in [6, 6.07) is 0. The van der Waals surface area contributed by atoms with Crippen molar-refractivity contribution in [3.63, 3.8) is 0 Å². The van der Waals surface area contributed by atoms with Gasteiger partial charge in [0.1, 0.15) is 0 Å². The van der Waals surface area contributed by atoms with E-state index >= 15 is 0 Å². The first-order valence-electron chi connectivity index (χ1n) is 3.78. The van der Waals surface area contributed by atoms with Crippen molar-refractivity contribution < 1.29 is 0 Å². The molecule has 2 heteroatoms. The summed E-state index contributed by atoms with van der Waals surface area (Å²) < 4.78 is 0. The summed E-state index contributed by atoms with van der Waals surface area (Å²) in [5, 5.41) is 1.93. The molecule has 0 spiro atoms. The molecule has 0 aliphatic carbocycles. The van der Waals surface area contributed by atoms with Crippen molar-refractivity contribution in [1.29, 1.82) is 0 Å². The van der Waals surface area contributed by atoms with E-state index in [4.69, 9.17) is 5.84 Å². The van der Waals surface area contributed by atoms with Crippen LogP contribution in [0.1, 0.15) is 26.2 Å². The topological polar surface area (TPSA) is 29.3 Å². The second-order valence-electron chi connectivity index (χ2n) is 3.07. The van der Waals surface area contributed by atoms with Crippen LogP contribution in [0.15, 0.2) is 0 Å². The van der Waals surface area contributed by atoms with Gasteiger partial charge in [0.25, 0.3) is 0 Å². The molecule has 0 radical (unpaired) electrons. The van der Waals surface area contributed by atoms with Gasteiger partial charge in [0.05, 0.1) is 0 Å². The monoisotopic (exact) mass is 128 g/mol. The van der Waals surface area contributed by atoms with Gasteiger partial charge in [-0.1, -0.05) is 6.92 Å². The summed E-state index contributed by atoms with van der Waals surface area (Å²) in [6.45, 7) is 4.48. The lowest BCUT2D eigenvalue weighted by Gasteiger charge is -2.11. The Balaban J connectivity index is 2.25. The van der Waals surface area contributed by atoms with E-state index in [0.717, 1.165) is 19.0 Å². The fourth-order valence-corrected chi connectivity index (χ4v) is 1.29. The van der Waals surface area contributed by atoms with E-state index in [9.17, 15) is 0 Å². The van der Waals surface area contributed by atoms with Gasteiger partial charge in [-0.3, -0.25) is 5.84 Å². The Kier molecular flexibility index (Phi) is 2.49. The summed E-state index contributed by atoms with van der Waals surface area (Å²) in [7, 11) is 0. The van der Waals surface area contributed by atoms with Crippen LogP contribution in [0.25, 0.3) is 0 Å². The molecule has 0 bridgehead atoms. The standard InChI is InChI=1S/C7H16N2/c1-7-3-2-5-9(8)6-4-7/h7H,2-6,8H2,1H3/t7-/m1/s1. The van der Waals surface area contributed by atoms with Gasteiger partial charge >= 0.3 is 0 Å². The zero-order valence-corrected chi connectivity index (χ0v) is 6.14. The predicted molar refractivity (Wildman–Crippen MR) is 38.8 cm³/mol. The normalized spacial score (nSPS) is 32.0. The minimum absolute atomic E-state index is 0.888. The van der Waals surface area contributed by atoms with Crippen LogP contribution in [0.2, 0.25) is 0 Å². The van der Waals surface area contributed by atoms with Crippen molar-refractivity contribution >= 4 is 0 Å². The molecule has 1 saturated heterocycles. The Bertz CT molecular complexity index is 73.0. The van der Waals surface area contributed by atoms with Crippen LogP contribution < -0.4 is 5.84 Å². The van der Waals surface area contributed by atoms with E-state index in [2.05, 4.69) is 6.92 Å². The number of hydrazine groups is 1. The SMILES string of the molecule is C[C@@H]1CCCN(N)CC1. The van der Waals surface area contributed by atoms with Crippen LogP contribution in [0.3, 0.4) is 0 Å². The first kappa shape index (κ1) is 7.03. The molecule has 1 atom stereocenters. The number of nitrogens with two attached hydrogens (primary N) is 1. The third kappa shape index (κ3) is 2.33. The molecule has 0 amide bonds. The molecule has 1 aliphatic heterocycles. The van der Waals surface area contributed by atoms with Crippen LogP contribution in [0.4, 0.5) is 0 Å². The Morgan fingerprint density at radius 3 is 2.89 bits per heavy atom. The second-order valence-corrected chi connectivity index (χ2v) is 3.07. The van der Waals surface area contributed by atoms with Crippen molar-refractivity contribution in [3.8, 4) is 0 Å². The van der Waals surface area contributed by atoms with E-state index in [1.807, 2.05) is 5.01 Å². The minimum atomic E-state index is 0.888. The van der Waals surface area contributed by atoms with Crippen molar-refractivity contribution in [2.45, 2.75) is 26.2 Å². The highest BCUT2D eigenvalue weighted by atomic mass is 15.4. The molecule has 0 aromatic rings. The van der Waals surface area contributed by atoms with Gasteiger partial charge in [0, 0.05) is 13.1 Å². The third-order valence-corrected chi connectivity index (χ3v) is 2.05. The van der Waals surface area contributed by atoms with E-state index in [-0.39, 0.29) is 0 Å². The molecule has 54 valence electrons. The quantitative estimate of drug-likeness (QED) is 0.493. The molecule has 0 unspecified atom stereocenters. The van der Waals surface area contributed by atoms with Gasteiger partial charge in [-0.15, -0.1) is 0 Å². The largest absolute Gasteiger partial charge is 0.269 e. The van der Waals surface area contributed by atoms with Crippen molar-refractivity contribution in [2.24, 2.45) is 11.8 Å². The Morgan fingerprint density at radius 2 is 2.11 bits per heavy atom. The molecule has 9 heavy (non-hydrogen) atoms. The number of hydrogen-bond acceptors (Lipinski definition) is 2. The maximum absolute atomic E-state index is 5.63. The molecule has 2 N–H and O–H groups in total. The Labute approximate surface area is 57.0 Å². The van der Waals surface area contributed by atoms with E-state index in [1.54, 1.807) is 0 Å². The van der Waals surface area contributed by atoms with Gasteiger partial charge in [-0.2, -0.15) is 0 Å². The molecular formula is C7H16N2. The third-order valence-electron chi connectivity index (χ3n) is 2.05. The summed E-state index contributed by atoms with van der Waals surface area (Å²) in [5.41, 5.74) is 0. The van der Waals surface area contributed by atoms with Crippen molar-refractivity contribution in [2.75, 3.05) is 13.1 Å². The summed E-state index contributed by atoms with van der Waals surface area (Å²) >= 11 is 0. The van der Waals surface area contributed by atoms with Crippen LogP contribution in [-0.2, 0) is 0 Å². The number of hydrogen-bond donors (Lipinski definition) is 1. The maximum Gasteiger partial charge on any atom is 0.0131 e. The summed E-state index contributed by atoms with van der Waals surface area (Å²) in [5.74, 6) is 6.52. The summed E-state index contributed by atoms with van der Waals surface area (Å²) in [6.07, 6.45) is 3.90. The van der Waals surface area contributed by atoms with Crippen LogP contribution >= 0.6 is 0 Å². The van der Waals surface area contributed by atoms with Gasteiger partial charge in [0.2, 0.25) is 0 Å². The molecule has 1 rings (SSSR count). The second kappa shape index (κ2) is 3.18.